The van der Waals surface area contributed by atoms with E-state index in [-0.39, 0.29) is 11.7 Å². The van der Waals surface area contributed by atoms with Crippen LogP contribution in [-0.4, -0.2) is 5.78 Å². The SMILES string of the molecule is O=C1C=CC=C2SC=C[C@H]12. The van der Waals surface area contributed by atoms with Crippen molar-refractivity contribution < 1.29 is 4.79 Å². The molecule has 1 aliphatic heterocycles. The summed E-state index contributed by atoms with van der Waals surface area (Å²) in [6.07, 6.45) is 7.39. The van der Waals surface area contributed by atoms with E-state index >= 15 is 0 Å². The van der Waals surface area contributed by atoms with Crippen LogP contribution in [0.15, 0.2) is 34.6 Å². The molecule has 50 valence electrons. The van der Waals surface area contributed by atoms with Crippen molar-refractivity contribution in [1.82, 2.24) is 0 Å². The van der Waals surface area contributed by atoms with Crippen molar-refractivity contribution in [2.24, 2.45) is 5.92 Å². The molecule has 1 nitrogen and oxygen atoms in total. The van der Waals surface area contributed by atoms with E-state index in [4.69, 9.17) is 0 Å². The third-order valence-electron chi connectivity index (χ3n) is 1.61. The highest BCUT2D eigenvalue weighted by Crippen LogP contribution is 2.36. The lowest BCUT2D eigenvalue weighted by atomic mass is 10.00. The summed E-state index contributed by atoms with van der Waals surface area (Å²) in [6.45, 7) is 0. The highest BCUT2D eigenvalue weighted by molar-refractivity contribution is 8.06. The summed E-state index contributed by atoms with van der Waals surface area (Å²) < 4.78 is 0. The molecule has 2 aliphatic rings. The standard InChI is InChI=1S/C8H6OS/c9-7-2-1-3-8-6(7)4-5-10-8/h1-6H/t6-/m1/s1. The first kappa shape index (κ1) is 5.98. The van der Waals surface area contributed by atoms with Gasteiger partial charge in [0, 0.05) is 4.91 Å². The van der Waals surface area contributed by atoms with Crippen LogP contribution in [0.2, 0.25) is 0 Å². The maximum Gasteiger partial charge on any atom is 0.167 e. The number of ketones is 1. The average Bonchev–Trinajstić information content (AvgIpc) is 2.36. The zero-order valence-electron chi connectivity index (χ0n) is 5.28. The third kappa shape index (κ3) is 0.762. The topological polar surface area (TPSA) is 17.1 Å². The van der Waals surface area contributed by atoms with Gasteiger partial charge in [0.15, 0.2) is 5.78 Å². The summed E-state index contributed by atoms with van der Waals surface area (Å²) in [5.41, 5.74) is 0. The molecule has 0 aromatic carbocycles. The number of hydrogen-bond donors (Lipinski definition) is 0. The monoisotopic (exact) mass is 150 g/mol. The van der Waals surface area contributed by atoms with Crippen LogP contribution in [0.1, 0.15) is 0 Å². The Kier molecular flexibility index (Phi) is 1.27. The number of carbonyl (C=O) groups excluding carboxylic acids is 1. The Morgan fingerprint density at radius 1 is 1.50 bits per heavy atom. The lowest BCUT2D eigenvalue weighted by Gasteiger charge is -2.08. The van der Waals surface area contributed by atoms with Crippen LogP contribution in [0.3, 0.4) is 0 Å². The van der Waals surface area contributed by atoms with Gasteiger partial charge in [0.2, 0.25) is 0 Å². The molecule has 1 atom stereocenters. The number of rotatable bonds is 0. The molecule has 0 N–H and O–H groups in total. The van der Waals surface area contributed by atoms with Crippen LogP contribution in [0.4, 0.5) is 0 Å². The van der Waals surface area contributed by atoms with Gasteiger partial charge in [0.25, 0.3) is 0 Å². The maximum absolute atomic E-state index is 11.1. The van der Waals surface area contributed by atoms with Crippen LogP contribution in [0.5, 0.6) is 0 Å². The molecular formula is C8H6OS. The van der Waals surface area contributed by atoms with Crippen molar-refractivity contribution >= 4 is 17.5 Å². The van der Waals surface area contributed by atoms with Gasteiger partial charge in [-0.15, -0.1) is 11.8 Å². The summed E-state index contributed by atoms with van der Waals surface area (Å²) in [5.74, 6) is 0.258. The predicted octanol–water partition coefficient (Wildman–Crippen LogP) is 1.89. The molecule has 10 heavy (non-hydrogen) atoms. The van der Waals surface area contributed by atoms with E-state index in [2.05, 4.69) is 0 Å². The lowest BCUT2D eigenvalue weighted by Crippen LogP contribution is -2.10. The Morgan fingerprint density at radius 3 is 3.20 bits per heavy atom. The van der Waals surface area contributed by atoms with Crippen molar-refractivity contribution in [2.45, 2.75) is 0 Å². The normalized spacial score (nSPS) is 28.6. The van der Waals surface area contributed by atoms with Gasteiger partial charge in [0.05, 0.1) is 5.92 Å². The van der Waals surface area contributed by atoms with Crippen molar-refractivity contribution in [2.75, 3.05) is 0 Å². The second kappa shape index (κ2) is 2.13. The molecule has 2 heteroatoms. The Balaban J connectivity index is 2.40. The van der Waals surface area contributed by atoms with E-state index in [1.165, 1.54) is 0 Å². The van der Waals surface area contributed by atoms with Crippen LogP contribution >= 0.6 is 11.8 Å². The molecule has 0 aromatic rings. The second-order valence-corrected chi connectivity index (χ2v) is 3.23. The number of carbonyl (C=O) groups is 1. The van der Waals surface area contributed by atoms with Gasteiger partial charge >= 0.3 is 0 Å². The van der Waals surface area contributed by atoms with Crippen LogP contribution in [0.25, 0.3) is 0 Å². The molecule has 0 radical (unpaired) electrons. The van der Waals surface area contributed by atoms with Crippen LogP contribution in [0, 0.1) is 5.92 Å². The van der Waals surface area contributed by atoms with Gasteiger partial charge in [-0.25, -0.2) is 0 Å². The minimum atomic E-state index is 0.0509. The van der Waals surface area contributed by atoms with Gasteiger partial charge in [-0.1, -0.05) is 18.2 Å². The predicted molar refractivity (Wildman–Crippen MR) is 42.5 cm³/mol. The molecule has 0 saturated heterocycles. The number of fused-ring (bicyclic) bond motifs is 1. The Bertz CT molecular complexity index is 260. The van der Waals surface area contributed by atoms with Gasteiger partial charge < -0.3 is 0 Å². The van der Waals surface area contributed by atoms with E-state index in [1.807, 2.05) is 23.6 Å². The van der Waals surface area contributed by atoms with Crippen LogP contribution in [-0.2, 0) is 4.79 Å². The molecule has 0 aromatic heterocycles. The molecular weight excluding hydrogens is 144 g/mol. The lowest BCUT2D eigenvalue weighted by molar-refractivity contribution is -0.115. The van der Waals surface area contributed by atoms with Crippen molar-refractivity contribution in [1.29, 1.82) is 0 Å². The molecule has 0 saturated carbocycles. The highest BCUT2D eigenvalue weighted by Gasteiger charge is 2.23. The Labute approximate surface area is 63.5 Å². The van der Waals surface area contributed by atoms with Crippen LogP contribution < -0.4 is 0 Å². The second-order valence-electron chi connectivity index (χ2n) is 2.25. The molecule has 0 unspecified atom stereocenters. The number of allylic oxidation sites excluding steroid dienone is 5. The van der Waals surface area contributed by atoms with E-state index in [0.29, 0.717) is 0 Å². The van der Waals surface area contributed by atoms with E-state index in [9.17, 15) is 4.79 Å². The first-order chi connectivity index (χ1) is 4.88. The van der Waals surface area contributed by atoms with Crippen molar-refractivity contribution in [3.8, 4) is 0 Å². The zero-order valence-corrected chi connectivity index (χ0v) is 6.10. The van der Waals surface area contributed by atoms with Gasteiger partial charge in [0.1, 0.15) is 0 Å². The van der Waals surface area contributed by atoms with Crippen molar-refractivity contribution in [3.63, 3.8) is 0 Å². The highest BCUT2D eigenvalue weighted by atomic mass is 32.2. The minimum Gasteiger partial charge on any atom is -0.294 e. The summed E-state index contributed by atoms with van der Waals surface area (Å²) >= 11 is 1.64. The van der Waals surface area contributed by atoms with Crippen molar-refractivity contribution in [3.05, 3.63) is 34.6 Å². The average molecular weight is 150 g/mol. The maximum atomic E-state index is 11.1. The molecule has 1 heterocycles. The summed E-state index contributed by atoms with van der Waals surface area (Å²) in [4.78, 5) is 12.2. The summed E-state index contributed by atoms with van der Waals surface area (Å²) in [6, 6.07) is 0. The van der Waals surface area contributed by atoms with Gasteiger partial charge in [-0.2, -0.15) is 0 Å². The fourth-order valence-electron chi connectivity index (χ4n) is 1.08. The Hall–Kier alpha value is -0.760. The third-order valence-corrected chi connectivity index (χ3v) is 2.56. The van der Waals surface area contributed by atoms with Gasteiger partial charge in [-0.3, -0.25) is 4.79 Å². The fraction of sp³-hybridized carbons (Fsp3) is 0.125. The molecule has 0 fully saturated rings. The molecule has 1 aliphatic carbocycles. The number of hydrogen-bond acceptors (Lipinski definition) is 2. The van der Waals surface area contributed by atoms with E-state index in [0.717, 1.165) is 4.91 Å². The number of thioether (sulfide) groups is 1. The molecule has 0 amide bonds. The minimum absolute atomic E-state index is 0.0509. The molecule has 2 rings (SSSR count). The first-order valence-electron chi connectivity index (χ1n) is 3.13. The quantitative estimate of drug-likeness (QED) is 0.524. The largest absolute Gasteiger partial charge is 0.294 e. The van der Waals surface area contributed by atoms with E-state index < -0.39 is 0 Å². The molecule has 0 spiro atoms. The smallest absolute Gasteiger partial charge is 0.167 e. The van der Waals surface area contributed by atoms with Gasteiger partial charge in [-0.05, 0) is 11.5 Å². The fourth-order valence-corrected chi connectivity index (χ4v) is 1.98. The summed E-state index contributed by atoms with van der Waals surface area (Å²) in [5, 5.41) is 1.97. The van der Waals surface area contributed by atoms with E-state index in [1.54, 1.807) is 17.8 Å². The first-order valence-corrected chi connectivity index (χ1v) is 4.01. The zero-order chi connectivity index (χ0) is 6.97. The Morgan fingerprint density at radius 2 is 2.40 bits per heavy atom. The summed E-state index contributed by atoms with van der Waals surface area (Å²) in [7, 11) is 0. The molecule has 0 bridgehead atoms.